The molecule has 116 valence electrons. The van der Waals surface area contributed by atoms with E-state index in [4.69, 9.17) is 0 Å². The first-order valence-corrected chi connectivity index (χ1v) is 7.57. The standard InChI is InChI=1S/C14H14F3N5/c15-14(16,17)10-4-11(22-13(20-10)18-6-19-22)21-5-9-7-1-2-8(3-7)12(9)21/h4,6-9,12H,1-3,5H2/t7-,8-,9+,12-/m0/s1. The van der Waals surface area contributed by atoms with Gasteiger partial charge in [0, 0.05) is 18.7 Å². The predicted octanol–water partition coefficient (Wildman–Crippen LogP) is 2.38. The second kappa shape index (κ2) is 3.91. The fraction of sp³-hybridized carbons (Fsp3) is 0.643. The summed E-state index contributed by atoms with van der Waals surface area (Å²) in [6.07, 6.45) is 0.484. The first kappa shape index (κ1) is 12.7. The first-order valence-electron chi connectivity index (χ1n) is 7.57. The highest BCUT2D eigenvalue weighted by Gasteiger charge is 2.57. The van der Waals surface area contributed by atoms with Crippen LogP contribution in [0.25, 0.3) is 5.78 Å². The van der Waals surface area contributed by atoms with E-state index in [-0.39, 0.29) is 5.78 Å². The third-order valence-electron chi connectivity index (χ3n) is 5.63. The molecule has 3 fully saturated rings. The van der Waals surface area contributed by atoms with Crippen LogP contribution in [-0.2, 0) is 6.18 Å². The molecule has 5 nitrogen and oxygen atoms in total. The van der Waals surface area contributed by atoms with Crippen molar-refractivity contribution in [3.8, 4) is 0 Å². The van der Waals surface area contributed by atoms with Crippen LogP contribution in [0, 0.1) is 17.8 Å². The fourth-order valence-corrected chi connectivity index (χ4v) is 4.73. The molecule has 2 aromatic rings. The smallest absolute Gasteiger partial charge is 0.352 e. The Labute approximate surface area is 124 Å². The van der Waals surface area contributed by atoms with Crippen LogP contribution < -0.4 is 4.90 Å². The van der Waals surface area contributed by atoms with Crippen molar-refractivity contribution in [2.24, 2.45) is 17.8 Å². The highest BCUT2D eigenvalue weighted by Crippen LogP contribution is 2.56. The molecule has 5 rings (SSSR count). The Kier molecular flexibility index (Phi) is 2.25. The lowest BCUT2D eigenvalue weighted by Gasteiger charge is -2.51. The van der Waals surface area contributed by atoms with Gasteiger partial charge in [-0.25, -0.2) is 4.98 Å². The molecule has 1 saturated heterocycles. The van der Waals surface area contributed by atoms with E-state index in [1.807, 2.05) is 0 Å². The molecule has 1 aliphatic heterocycles. The summed E-state index contributed by atoms with van der Waals surface area (Å²) in [7, 11) is 0. The molecule has 2 bridgehead atoms. The lowest BCUT2D eigenvalue weighted by Crippen LogP contribution is -2.59. The molecule has 0 amide bonds. The number of hydrogen-bond donors (Lipinski definition) is 0. The van der Waals surface area contributed by atoms with Crippen LogP contribution in [-0.4, -0.2) is 32.2 Å². The van der Waals surface area contributed by atoms with E-state index in [0.717, 1.165) is 18.5 Å². The molecule has 2 aliphatic carbocycles. The van der Waals surface area contributed by atoms with Crippen molar-refractivity contribution in [2.45, 2.75) is 31.5 Å². The van der Waals surface area contributed by atoms with E-state index in [2.05, 4.69) is 20.0 Å². The average Bonchev–Trinajstić information content (AvgIpc) is 3.09. The zero-order valence-corrected chi connectivity index (χ0v) is 11.7. The first-order chi connectivity index (χ1) is 10.5. The quantitative estimate of drug-likeness (QED) is 0.811. The lowest BCUT2D eigenvalue weighted by atomic mass is 9.77. The van der Waals surface area contributed by atoms with Crippen LogP contribution in [0.1, 0.15) is 25.0 Å². The van der Waals surface area contributed by atoms with Gasteiger partial charge in [-0.2, -0.15) is 27.8 Å². The summed E-state index contributed by atoms with van der Waals surface area (Å²) in [5, 5.41) is 4.06. The second-order valence-electron chi connectivity index (χ2n) is 6.61. The molecule has 0 N–H and O–H groups in total. The van der Waals surface area contributed by atoms with Gasteiger partial charge in [0.1, 0.15) is 12.1 Å². The number of nitrogens with zero attached hydrogens (tertiary/aromatic N) is 5. The lowest BCUT2D eigenvalue weighted by molar-refractivity contribution is -0.141. The van der Waals surface area contributed by atoms with Crippen molar-refractivity contribution in [3.05, 3.63) is 18.1 Å². The Morgan fingerprint density at radius 3 is 2.77 bits per heavy atom. The molecular formula is C14H14F3N5. The molecule has 0 unspecified atom stereocenters. The fourth-order valence-electron chi connectivity index (χ4n) is 4.73. The van der Waals surface area contributed by atoms with Gasteiger partial charge in [-0.3, -0.25) is 0 Å². The minimum absolute atomic E-state index is 0.0106. The molecule has 2 aromatic heterocycles. The van der Waals surface area contributed by atoms with Gasteiger partial charge in [-0.1, -0.05) is 0 Å². The minimum Gasteiger partial charge on any atom is -0.352 e. The monoisotopic (exact) mass is 309 g/mol. The summed E-state index contributed by atoms with van der Waals surface area (Å²) in [6, 6.07) is 1.49. The molecule has 3 aliphatic rings. The van der Waals surface area contributed by atoms with E-state index in [1.165, 1.54) is 30.1 Å². The zero-order valence-electron chi connectivity index (χ0n) is 11.7. The predicted molar refractivity (Wildman–Crippen MR) is 71.2 cm³/mol. The Balaban J connectivity index is 1.61. The van der Waals surface area contributed by atoms with Crippen molar-refractivity contribution < 1.29 is 13.2 Å². The van der Waals surface area contributed by atoms with Crippen LogP contribution in [0.4, 0.5) is 19.0 Å². The highest BCUT2D eigenvalue weighted by molar-refractivity contribution is 5.52. The Morgan fingerprint density at radius 2 is 2.00 bits per heavy atom. The molecule has 0 radical (unpaired) electrons. The zero-order chi connectivity index (χ0) is 15.1. The van der Waals surface area contributed by atoms with Gasteiger partial charge in [-0.05, 0) is 37.0 Å². The van der Waals surface area contributed by atoms with Crippen LogP contribution >= 0.6 is 0 Å². The Morgan fingerprint density at radius 1 is 1.18 bits per heavy atom. The topological polar surface area (TPSA) is 46.3 Å². The van der Waals surface area contributed by atoms with Crippen molar-refractivity contribution in [1.82, 2.24) is 19.6 Å². The Bertz CT molecular complexity index is 753. The number of rotatable bonds is 1. The van der Waals surface area contributed by atoms with E-state index >= 15 is 0 Å². The maximum Gasteiger partial charge on any atom is 0.433 e. The number of fused-ring (bicyclic) bond motifs is 6. The van der Waals surface area contributed by atoms with E-state index in [0.29, 0.717) is 23.7 Å². The molecular weight excluding hydrogens is 295 g/mol. The molecule has 2 saturated carbocycles. The van der Waals surface area contributed by atoms with Crippen molar-refractivity contribution in [3.63, 3.8) is 0 Å². The maximum atomic E-state index is 13.1. The van der Waals surface area contributed by atoms with Crippen molar-refractivity contribution in [2.75, 3.05) is 11.4 Å². The van der Waals surface area contributed by atoms with Gasteiger partial charge < -0.3 is 4.90 Å². The largest absolute Gasteiger partial charge is 0.433 e. The Hall–Kier alpha value is -1.86. The summed E-state index contributed by atoms with van der Waals surface area (Å²) in [6.45, 7) is 0.822. The van der Waals surface area contributed by atoms with Crippen molar-refractivity contribution in [1.29, 1.82) is 0 Å². The SMILES string of the molecule is FC(F)(F)c1cc(N2C[C@@H]3[C@H]4CC[C@@H](C4)[C@@H]32)n2ncnc2n1. The summed E-state index contributed by atoms with van der Waals surface area (Å²) in [5.74, 6) is 2.51. The number of aromatic nitrogens is 4. The summed E-state index contributed by atoms with van der Waals surface area (Å²) in [5.41, 5.74) is -0.894. The molecule has 22 heavy (non-hydrogen) atoms. The number of halogens is 3. The van der Waals surface area contributed by atoms with Crippen LogP contribution in [0.3, 0.4) is 0 Å². The summed E-state index contributed by atoms with van der Waals surface area (Å²) in [4.78, 5) is 9.50. The molecule has 4 atom stereocenters. The summed E-state index contributed by atoms with van der Waals surface area (Å²) >= 11 is 0. The van der Waals surface area contributed by atoms with Gasteiger partial charge in [0.05, 0.1) is 0 Å². The minimum atomic E-state index is -4.47. The van der Waals surface area contributed by atoms with Crippen LogP contribution in [0.5, 0.6) is 0 Å². The third-order valence-corrected chi connectivity index (χ3v) is 5.63. The maximum absolute atomic E-state index is 13.1. The van der Waals surface area contributed by atoms with E-state index in [9.17, 15) is 13.2 Å². The van der Waals surface area contributed by atoms with Gasteiger partial charge in [-0.15, -0.1) is 0 Å². The molecule has 3 heterocycles. The normalized spacial score (nSPS) is 33.3. The second-order valence-corrected chi connectivity index (χ2v) is 6.61. The molecule has 0 aromatic carbocycles. The van der Waals surface area contributed by atoms with Gasteiger partial charge in [0.15, 0.2) is 5.69 Å². The van der Waals surface area contributed by atoms with E-state index < -0.39 is 11.9 Å². The van der Waals surface area contributed by atoms with Gasteiger partial charge in [0.25, 0.3) is 5.78 Å². The third kappa shape index (κ3) is 1.52. The van der Waals surface area contributed by atoms with Gasteiger partial charge >= 0.3 is 6.18 Å². The molecule has 0 spiro atoms. The number of anilines is 1. The van der Waals surface area contributed by atoms with E-state index in [1.54, 1.807) is 0 Å². The average molecular weight is 309 g/mol. The summed E-state index contributed by atoms with van der Waals surface area (Å²) < 4.78 is 40.6. The highest BCUT2D eigenvalue weighted by atomic mass is 19.4. The van der Waals surface area contributed by atoms with Crippen LogP contribution in [0.15, 0.2) is 12.4 Å². The van der Waals surface area contributed by atoms with Crippen molar-refractivity contribution >= 4 is 11.6 Å². The molecule has 8 heteroatoms. The number of alkyl halides is 3. The van der Waals surface area contributed by atoms with Gasteiger partial charge in [0.2, 0.25) is 0 Å². The van der Waals surface area contributed by atoms with Crippen LogP contribution in [0.2, 0.25) is 0 Å². The number of hydrogen-bond acceptors (Lipinski definition) is 4.